The molecule has 1 amide bonds. The van der Waals surface area contributed by atoms with E-state index in [0.29, 0.717) is 5.92 Å². The van der Waals surface area contributed by atoms with Gasteiger partial charge >= 0.3 is 0 Å². The fourth-order valence-corrected chi connectivity index (χ4v) is 2.73. The van der Waals surface area contributed by atoms with Crippen LogP contribution in [0.4, 0.5) is 11.5 Å². The van der Waals surface area contributed by atoms with Gasteiger partial charge < -0.3 is 15.5 Å². The maximum atomic E-state index is 12.1. The number of carbonyl (C=O) groups excluding carboxylic acids is 1. The zero-order valence-corrected chi connectivity index (χ0v) is 11.9. The summed E-state index contributed by atoms with van der Waals surface area (Å²) in [7, 11) is 0. The topological polar surface area (TPSA) is 57.3 Å². The molecule has 0 bridgehead atoms. The average molecular weight is 274 g/mol. The summed E-state index contributed by atoms with van der Waals surface area (Å²) in [6.07, 6.45) is 4.25. The average Bonchev–Trinajstić information content (AvgIpc) is 2.91. The summed E-state index contributed by atoms with van der Waals surface area (Å²) in [4.78, 5) is 18.8. The second-order valence-electron chi connectivity index (χ2n) is 5.80. The lowest BCUT2D eigenvalue weighted by Crippen LogP contribution is -2.48. The standard InChI is InChI=1S/C15H22N4O/c1-11(12-8-16-9-12)15(20)18-13-4-5-14(17-10-13)19-6-2-3-7-19/h4-5,10-12,16H,2-3,6-9H2,1H3,(H,18,20). The summed E-state index contributed by atoms with van der Waals surface area (Å²) in [5.41, 5.74) is 0.789. The van der Waals surface area contributed by atoms with Gasteiger partial charge in [0.1, 0.15) is 5.82 Å². The van der Waals surface area contributed by atoms with Crippen LogP contribution < -0.4 is 15.5 Å². The lowest BCUT2D eigenvalue weighted by atomic mass is 9.88. The molecule has 0 radical (unpaired) electrons. The molecule has 0 aromatic carbocycles. The van der Waals surface area contributed by atoms with Gasteiger partial charge in [-0.3, -0.25) is 4.79 Å². The summed E-state index contributed by atoms with van der Waals surface area (Å²) in [6.45, 7) is 6.06. The molecule has 20 heavy (non-hydrogen) atoms. The van der Waals surface area contributed by atoms with E-state index in [9.17, 15) is 4.79 Å². The molecule has 2 aliphatic heterocycles. The highest BCUT2D eigenvalue weighted by molar-refractivity contribution is 5.92. The summed E-state index contributed by atoms with van der Waals surface area (Å²) in [5.74, 6) is 1.62. The molecule has 0 spiro atoms. The predicted octanol–water partition coefficient (Wildman–Crippen LogP) is 1.48. The maximum Gasteiger partial charge on any atom is 0.227 e. The molecule has 1 atom stereocenters. The van der Waals surface area contributed by atoms with Crippen LogP contribution in [-0.2, 0) is 4.79 Å². The van der Waals surface area contributed by atoms with Crippen LogP contribution in [0.2, 0.25) is 0 Å². The zero-order chi connectivity index (χ0) is 13.9. The summed E-state index contributed by atoms with van der Waals surface area (Å²) >= 11 is 0. The van der Waals surface area contributed by atoms with Crippen molar-refractivity contribution in [3.63, 3.8) is 0 Å². The van der Waals surface area contributed by atoms with Crippen molar-refractivity contribution in [1.29, 1.82) is 0 Å². The third-order valence-corrected chi connectivity index (χ3v) is 4.38. The summed E-state index contributed by atoms with van der Waals surface area (Å²) in [5, 5.41) is 6.16. The Balaban J connectivity index is 1.58. The van der Waals surface area contributed by atoms with E-state index in [1.807, 2.05) is 19.1 Å². The van der Waals surface area contributed by atoms with Crippen LogP contribution >= 0.6 is 0 Å². The molecule has 2 aliphatic rings. The van der Waals surface area contributed by atoms with Crippen LogP contribution in [0.15, 0.2) is 18.3 Å². The van der Waals surface area contributed by atoms with Crippen molar-refractivity contribution in [1.82, 2.24) is 10.3 Å². The number of amides is 1. The molecule has 1 aromatic heterocycles. The maximum absolute atomic E-state index is 12.1. The van der Waals surface area contributed by atoms with Crippen LogP contribution in [0.3, 0.4) is 0 Å². The van der Waals surface area contributed by atoms with E-state index in [0.717, 1.165) is 37.7 Å². The molecule has 5 heteroatoms. The van der Waals surface area contributed by atoms with Crippen molar-refractivity contribution in [3.8, 4) is 0 Å². The van der Waals surface area contributed by atoms with Gasteiger partial charge in [-0.1, -0.05) is 6.92 Å². The van der Waals surface area contributed by atoms with Crippen molar-refractivity contribution in [2.24, 2.45) is 11.8 Å². The molecule has 0 aliphatic carbocycles. The zero-order valence-electron chi connectivity index (χ0n) is 11.9. The van der Waals surface area contributed by atoms with Crippen molar-refractivity contribution >= 4 is 17.4 Å². The van der Waals surface area contributed by atoms with Gasteiger partial charge in [-0.15, -0.1) is 0 Å². The molecule has 2 saturated heterocycles. The van der Waals surface area contributed by atoms with Gasteiger partial charge in [-0.2, -0.15) is 0 Å². The Labute approximate surface area is 119 Å². The molecule has 5 nitrogen and oxygen atoms in total. The fourth-order valence-electron chi connectivity index (χ4n) is 2.73. The largest absolute Gasteiger partial charge is 0.357 e. The second kappa shape index (κ2) is 5.79. The molecule has 108 valence electrons. The normalized spacial score (nSPS) is 20.6. The minimum atomic E-state index is 0.0505. The van der Waals surface area contributed by atoms with E-state index in [2.05, 4.69) is 20.5 Å². The monoisotopic (exact) mass is 274 g/mol. The van der Waals surface area contributed by atoms with E-state index in [4.69, 9.17) is 0 Å². The Kier molecular flexibility index (Phi) is 3.87. The third kappa shape index (κ3) is 2.77. The minimum Gasteiger partial charge on any atom is -0.357 e. The van der Waals surface area contributed by atoms with Gasteiger partial charge in [0.05, 0.1) is 11.9 Å². The van der Waals surface area contributed by atoms with Crippen molar-refractivity contribution in [3.05, 3.63) is 18.3 Å². The number of carbonyl (C=O) groups is 1. The van der Waals surface area contributed by atoms with E-state index in [-0.39, 0.29) is 11.8 Å². The lowest BCUT2D eigenvalue weighted by molar-refractivity contribution is -0.121. The first-order valence-electron chi connectivity index (χ1n) is 7.46. The first-order chi connectivity index (χ1) is 9.74. The van der Waals surface area contributed by atoms with Crippen molar-refractivity contribution in [2.45, 2.75) is 19.8 Å². The molecule has 0 saturated carbocycles. The highest BCUT2D eigenvalue weighted by atomic mass is 16.1. The molecule has 3 rings (SSSR count). The summed E-state index contributed by atoms with van der Waals surface area (Å²) in [6, 6.07) is 3.95. The molecule has 1 aromatic rings. The highest BCUT2D eigenvalue weighted by Crippen LogP contribution is 2.21. The van der Waals surface area contributed by atoms with E-state index < -0.39 is 0 Å². The van der Waals surface area contributed by atoms with Gasteiger partial charge in [0, 0.05) is 19.0 Å². The molecule has 1 unspecified atom stereocenters. The van der Waals surface area contributed by atoms with Gasteiger partial charge in [0.15, 0.2) is 0 Å². The van der Waals surface area contributed by atoms with Crippen LogP contribution in [0.5, 0.6) is 0 Å². The van der Waals surface area contributed by atoms with Crippen molar-refractivity contribution in [2.75, 3.05) is 36.4 Å². The van der Waals surface area contributed by atoms with Gasteiger partial charge in [0.25, 0.3) is 0 Å². The van der Waals surface area contributed by atoms with Crippen LogP contribution in [0.25, 0.3) is 0 Å². The highest BCUT2D eigenvalue weighted by Gasteiger charge is 2.28. The SMILES string of the molecule is CC(C(=O)Nc1ccc(N2CCCC2)nc1)C1CNC1. The van der Waals surface area contributed by atoms with Gasteiger partial charge in [-0.25, -0.2) is 4.98 Å². The van der Waals surface area contributed by atoms with Gasteiger partial charge in [0.2, 0.25) is 5.91 Å². The number of hydrogen-bond donors (Lipinski definition) is 2. The third-order valence-electron chi connectivity index (χ3n) is 4.38. The number of anilines is 2. The smallest absolute Gasteiger partial charge is 0.227 e. The first kappa shape index (κ1) is 13.4. The Morgan fingerprint density at radius 3 is 2.70 bits per heavy atom. The molecule has 3 heterocycles. The fraction of sp³-hybridized carbons (Fsp3) is 0.600. The van der Waals surface area contributed by atoms with Crippen LogP contribution in [0, 0.1) is 11.8 Å². The Morgan fingerprint density at radius 1 is 1.40 bits per heavy atom. The van der Waals surface area contributed by atoms with Crippen LogP contribution in [-0.4, -0.2) is 37.1 Å². The van der Waals surface area contributed by atoms with Gasteiger partial charge in [-0.05, 0) is 44.0 Å². The number of pyridine rings is 1. The van der Waals surface area contributed by atoms with E-state index >= 15 is 0 Å². The Hall–Kier alpha value is -1.62. The summed E-state index contributed by atoms with van der Waals surface area (Å²) < 4.78 is 0. The second-order valence-corrected chi connectivity index (χ2v) is 5.80. The molecule has 2 fully saturated rings. The molecule has 2 N–H and O–H groups in total. The van der Waals surface area contributed by atoms with E-state index in [1.54, 1.807) is 6.20 Å². The number of aromatic nitrogens is 1. The number of hydrogen-bond acceptors (Lipinski definition) is 4. The van der Waals surface area contributed by atoms with Crippen LogP contribution in [0.1, 0.15) is 19.8 Å². The van der Waals surface area contributed by atoms with E-state index in [1.165, 1.54) is 12.8 Å². The molecular formula is C15H22N4O. The minimum absolute atomic E-state index is 0.0505. The first-order valence-corrected chi connectivity index (χ1v) is 7.46. The molecular weight excluding hydrogens is 252 g/mol. The van der Waals surface area contributed by atoms with Crippen molar-refractivity contribution < 1.29 is 4.79 Å². The number of rotatable bonds is 4. The Bertz CT molecular complexity index is 463. The number of nitrogens with zero attached hydrogens (tertiary/aromatic N) is 2. The quantitative estimate of drug-likeness (QED) is 0.873. The predicted molar refractivity (Wildman–Crippen MR) is 79.8 cm³/mol. The Morgan fingerprint density at radius 2 is 2.15 bits per heavy atom. The number of nitrogens with one attached hydrogen (secondary N) is 2. The lowest BCUT2D eigenvalue weighted by Gasteiger charge is -2.31.